The second kappa shape index (κ2) is 7.01. The number of ether oxygens (including phenoxy) is 2. The Hall–Kier alpha value is -0.0600. The average molecular weight is 418 g/mol. The Labute approximate surface area is 143 Å². The van der Waals surface area contributed by atoms with Gasteiger partial charge in [0, 0.05) is 11.9 Å². The molecule has 1 aromatic carbocycles. The molecule has 1 aromatic rings. The van der Waals surface area contributed by atoms with Crippen LogP contribution >= 0.6 is 31.9 Å². The van der Waals surface area contributed by atoms with E-state index in [1.165, 1.54) is 31.2 Å². The van der Waals surface area contributed by atoms with Crippen LogP contribution in [0.3, 0.4) is 0 Å². The van der Waals surface area contributed by atoms with Crippen molar-refractivity contribution in [1.82, 2.24) is 0 Å². The third kappa shape index (κ3) is 3.48. The van der Waals surface area contributed by atoms with Crippen molar-refractivity contribution in [3.05, 3.63) is 28.2 Å². The summed E-state index contributed by atoms with van der Waals surface area (Å²) in [5.74, 6) is 3.64. The Bertz CT molecular complexity index is 480. The Morgan fingerprint density at radius 1 is 1.19 bits per heavy atom. The molecule has 2 aliphatic carbocycles. The van der Waals surface area contributed by atoms with Gasteiger partial charge in [0.1, 0.15) is 12.4 Å². The van der Waals surface area contributed by atoms with Gasteiger partial charge < -0.3 is 9.47 Å². The van der Waals surface area contributed by atoms with Gasteiger partial charge in [0.25, 0.3) is 0 Å². The third-order valence-corrected chi connectivity index (χ3v) is 6.64. The fourth-order valence-electron chi connectivity index (χ4n) is 3.74. The van der Waals surface area contributed by atoms with Crippen molar-refractivity contribution in [2.45, 2.75) is 30.5 Å². The molecule has 4 heteroatoms. The van der Waals surface area contributed by atoms with Crippen LogP contribution < -0.4 is 4.74 Å². The molecule has 0 radical (unpaired) electrons. The van der Waals surface area contributed by atoms with Crippen LogP contribution in [0.2, 0.25) is 0 Å². The van der Waals surface area contributed by atoms with Gasteiger partial charge in [-0.15, -0.1) is 0 Å². The minimum Gasteiger partial charge on any atom is -0.490 e. The zero-order valence-corrected chi connectivity index (χ0v) is 15.5. The number of halogens is 2. The molecule has 2 fully saturated rings. The van der Waals surface area contributed by atoms with Crippen LogP contribution in [0, 0.1) is 17.8 Å². The normalized spacial score (nSPS) is 28.8. The molecule has 0 saturated heterocycles. The highest BCUT2D eigenvalue weighted by molar-refractivity contribution is 9.10. The monoisotopic (exact) mass is 416 g/mol. The van der Waals surface area contributed by atoms with E-state index in [0.717, 1.165) is 28.0 Å². The Morgan fingerprint density at radius 2 is 1.90 bits per heavy atom. The second-order valence-corrected chi connectivity index (χ2v) is 7.96. The first kappa shape index (κ1) is 15.8. The molecule has 116 valence electrons. The van der Waals surface area contributed by atoms with E-state index in [1.54, 1.807) is 7.11 Å². The molecule has 2 nitrogen and oxygen atoms in total. The largest absolute Gasteiger partial charge is 0.490 e. The van der Waals surface area contributed by atoms with Crippen LogP contribution in [0.25, 0.3) is 0 Å². The van der Waals surface area contributed by atoms with E-state index in [9.17, 15) is 0 Å². The predicted octanol–water partition coefficient (Wildman–Crippen LogP) is 5.35. The molecule has 3 unspecified atom stereocenters. The molecular weight excluding hydrogens is 396 g/mol. The molecule has 3 rings (SSSR count). The van der Waals surface area contributed by atoms with Crippen LogP contribution in [-0.4, -0.2) is 20.3 Å². The summed E-state index contributed by atoms with van der Waals surface area (Å²) in [4.78, 5) is 0.481. The van der Waals surface area contributed by atoms with Crippen molar-refractivity contribution in [2.24, 2.45) is 17.8 Å². The number of rotatable bonds is 6. The van der Waals surface area contributed by atoms with Gasteiger partial charge in [-0.2, -0.15) is 0 Å². The summed E-state index contributed by atoms with van der Waals surface area (Å²) in [6.45, 7) is 1.19. The summed E-state index contributed by atoms with van der Waals surface area (Å²) in [6, 6.07) is 6.46. The minimum absolute atomic E-state index is 0.481. The maximum Gasteiger partial charge on any atom is 0.133 e. The molecular formula is C17H22Br2O2. The van der Waals surface area contributed by atoms with E-state index in [0.29, 0.717) is 18.0 Å². The van der Waals surface area contributed by atoms with E-state index < -0.39 is 0 Å². The lowest BCUT2D eigenvalue weighted by Crippen LogP contribution is -2.05. The van der Waals surface area contributed by atoms with Crippen molar-refractivity contribution in [3.63, 3.8) is 0 Å². The van der Waals surface area contributed by atoms with Crippen molar-refractivity contribution in [1.29, 1.82) is 0 Å². The van der Waals surface area contributed by atoms with Crippen molar-refractivity contribution < 1.29 is 9.47 Å². The molecule has 0 N–H and O–H groups in total. The fourth-order valence-corrected chi connectivity index (χ4v) is 5.32. The Balaban J connectivity index is 1.64. The minimum atomic E-state index is 0.481. The zero-order valence-electron chi connectivity index (χ0n) is 12.4. The fraction of sp³-hybridized carbons (Fsp3) is 0.647. The molecule has 0 amide bonds. The van der Waals surface area contributed by atoms with Gasteiger partial charge in [-0.05, 0) is 64.2 Å². The van der Waals surface area contributed by atoms with Gasteiger partial charge in [-0.1, -0.05) is 34.8 Å². The molecule has 0 spiro atoms. The van der Waals surface area contributed by atoms with E-state index in [-0.39, 0.29) is 0 Å². The van der Waals surface area contributed by atoms with E-state index in [2.05, 4.69) is 50.1 Å². The summed E-state index contributed by atoms with van der Waals surface area (Å²) in [5, 5.41) is 0. The summed E-state index contributed by atoms with van der Waals surface area (Å²) in [6.07, 6.45) is 5.70. The highest BCUT2D eigenvalue weighted by Crippen LogP contribution is 2.62. The summed E-state index contributed by atoms with van der Waals surface area (Å²) in [7, 11) is 1.69. The summed E-state index contributed by atoms with van der Waals surface area (Å²) in [5.41, 5.74) is 1.36. The topological polar surface area (TPSA) is 18.5 Å². The molecule has 0 heterocycles. The zero-order chi connectivity index (χ0) is 14.8. The van der Waals surface area contributed by atoms with Gasteiger partial charge in [0.2, 0.25) is 0 Å². The molecule has 3 atom stereocenters. The summed E-state index contributed by atoms with van der Waals surface area (Å²) < 4.78 is 11.7. The third-order valence-electron chi connectivity index (χ3n) is 4.88. The van der Waals surface area contributed by atoms with Crippen LogP contribution in [0.15, 0.2) is 22.7 Å². The summed E-state index contributed by atoms with van der Waals surface area (Å²) >= 11 is 7.57. The van der Waals surface area contributed by atoms with Gasteiger partial charge in [0.15, 0.2) is 0 Å². The van der Waals surface area contributed by atoms with Crippen LogP contribution in [0.5, 0.6) is 5.75 Å². The lowest BCUT2D eigenvalue weighted by Gasteiger charge is -2.13. The molecule has 0 aromatic heterocycles. The lowest BCUT2D eigenvalue weighted by molar-refractivity contribution is 0.146. The molecule has 0 bridgehead atoms. The number of methoxy groups -OCH3 is 1. The molecule has 21 heavy (non-hydrogen) atoms. The Kier molecular flexibility index (Phi) is 5.28. The maximum absolute atomic E-state index is 5.70. The molecule has 2 aliphatic rings. The second-order valence-electron chi connectivity index (χ2n) is 6.12. The SMILES string of the molecule is COCCOc1ccc(C(Br)C2C3CCCCC32)cc1Br. The highest BCUT2D eigenvalue weighted by atomic mass is 79.9. The van der Waals surface area contributed by atoms with Crippen molar-refractivity contribution in [3.8, 4) is 5.75 Å². The van der Waals surface area contributed by atoms with E-state index in [4.69, 9.17) is 9.47 Å². The van der Waals surface area contributed by atoms with Gasteiger partial charge >= 0.3 is 0 Å². The van der Waals surface area contributed by atoms with Crippen molar-refractivity contribution in [2.75, 3.05) is 20.3 Å². The van der Waals surface area contributed by atoms with Gasteiger partial charge in [-0.3, -0.25) is 0 Å². The predicted molar refractivity (Wildman–Crippen MR) is 92.1 cm³/mol. The first-order valence-electron chi connectivity index (χ1n) is 7.77. The Morgan fingerprint density at radius 3 is 2.52 bits per heavy atom. The van der Waals surface area contributed by atoms with Crippen LogP contribution in [0.4, 0.5) is 0 Å². The number of alkyl halides is 1. The van der Waals surface area contributed by atoms with E-state index >= 15 is 0 Å². The smallest absolute Gasteiger partial charge is 0.133 e. The van der Waals surface area contributed by atoms with Gasteiger partial charge in [-0.25, -0.2) is 0 Å². The van der Waals surface area contributed by atoms with Gasteiger partial charge in [0.05, 0.1) is 11.1 Å². The lowest BCUT2D eigenvalue weighted by atomic mass is 10.0. The van der Waals surface area contributed by atoms with Crippen LogP contribution in [-0.2, 0) is 4.74 Å². The number of benzene rings is 1. The average Bonchev–Trinajstić information content (AvgIpc) is 3.22. The van der Waals surface area contributed by atoms with Crippen molar-refractivity contribution >= 4 is 31.9 Å². The quantitative estimate of drug-likeness (QED) is 0.459. The number of hydrogen-bond donors (Lipinski definition) is 0. The molecule has 2 saturated carbocycles. The maximum atomic E-state index is 5.70. The van der Waals surface area contributed by atoms with E-state index in [1.807, 2.05) is 0 Å². The first-order valence-corrected chi connectivity index (χ1v) is 9.48. The standard InChI is InChI=1S/C17H22Br2O2/c1-20-8-9-21-15-7-6-11(10-14(15)18)17(19)16-12-4-2-3-5-13(12)16/h6-7,10,12-13,16-17H,2-5,8-9H2,1H3. The highest BCUT2D eigenvalue weighted by Gasteiger charge is 2.53. The number of fused-ring (bicyclic) bond motifs is 1. The molecule has 0 aliphatic heterocycles. The van der Waals surface area contributed by atoms with Crippen LogP contribution in [0.1, 0.15) is 36.1 Å². The number of hydrogen-bond acceptors (Lipinski definition) is 2. The first-order chi connectivity index (χ1) is 10.2.